The van der Waals surface area contributed by atoms with Crippen LogP contribution in [0.1, 0.15) is 19.8 Å². The second-order valence-electron chi connectivity index (χ2n) is 4.86. The van der Waals surface area contributed by atoms with Gasteiger partial charge in [0.2, 0.25) is 10.0 Å². The van der Waals surface area contributed by atoms with Gasteiger partial charge in [0.05, 0.1) is 9.82 Å². The van der Waals surface area contributed by atoms with E-state index in [9.17, 15) is 18.5 Å². The van der Waals surface area contributed by atoms with Gasteiger partial charge in [-0.3, -0.25) is 10.1 Å². The maximum atomic E-state index is 12.2. The van der Waals surface area contributed by atoms with Crippen molar-refractivity contribution in [1.29, 1.82) is 0 Å². The topological polar surface area (TPSA) is 101 Å². The van der Waals surface area contributed by atoms with E-state index < -0.39 is 14.9 Å². The van der Waals surface area contributed by atoms with Crippen molar-refractivity contribution < 1.29 is 13.3 Å². The summed E-state index contributed by atoms with van der Waals surface area (Å²) in [4.78, 5) is 10.0. The Morgan fingerprint density at radius 2 is 2.00 bits per heavy atom. The Bertz CT molecular complexity index is 585. The molecule has 0 amide bonds. The molecule has 1 fully saturated rings. The minimum Gasteiger partial charge on any atom is -0.313 e. The van der Waals surface area contributed by atoms with Gasteiger partial charge in [-0.05, 0) is 38.4 Å². The van der Waals surface area contributed by atoms with Gasteiger partial charge in [-0.2, -0.15) is 0 Å². The molecule has 0 saturated carbocycles. The molecule has 2 N–H and O–H groups in total. The number of nitro groups is 1. The van der Waals surface area contributed by atoms with Gasteiger partial charge in [-0.1, -0.05) is 0 Å². The first-order valence-corrected chi connectivity index (χ1v) is 7.88. The van der Waals surface area contributed by atoms with Crippen LogP contribution in [0.15, 0.2) is 29.2 Å². The third-order valence-corrected chi connectivity index (χ3v) is 4.93. The second kappa shape index (κ2) is 5.86. The van der Waals surface area contributed by atoms with Crippen LogP contribution in [-0.2, 0) is 10.0 Å². The fraction of sp³-hybridized carbons (Fsp3) is 0.500. The summed E-state index contributed by atoms with van der Waals surface area (Å²) in [6, 6.07) is 4.79. The third-order valence-electron chi connectivity index (χ3n) is 3.43. The van der Waals surface area contributed by atoms with E-state index in [1.807, 2.05) is 6.92 Å². The van der Waals surface area contributed by atoms with E-state index >= 15 is 0 Å². The summed E-state index contributed by atoms with van der Waals surface area (Å²) < 4.78 is 27.1. The lowest BCUT2D eigenvalue weighted by Crippen LogP contribution is -2.51. The van der Waals surface area contributed by atoms with E-state index in [0.717, 1.165) is 19.4 Å². The van der Waals surface area contributed by atoms with Gasteiger partial charge in [-0.15, -0.1) is 0 Å². The lowest BCUT2D eigenvalue weighted by Gasteiger charge is -2.30. The Morgan fingerprint density at radius 3 is 2.55 bits per heavy atom. The molecule has 2 rings (SSSR count). The molecular weight excluding hydrogens is 282 g/mol. The van der Waals surface area contributed by atoms with Gasteiger partial charge in [0.15, 0.2) is 0 Å². The molecule has 1 heterocycles. The van der Waals surface area contributed by atoms with Crippen LogP contribution in [0.3, 0.4) is 0 Å². The molecule has 20 heavy (non-hydrogen) atoms. The van der Waals surface area contributed by atoms with Crippen molar-refractivity contribution in [3.05, 3.63) is 34.4 Å². The normalized spacial score (nSPS) is 23.4. The largest absolute Gasteiger partial charge is 0.313 e. The molecule has 0 aliphatic carbocycles. The van der Waals surface area contributed by atoms with Crippen LogP contribution < -0.4 is 10.0 Å². The van der Waals surface area contributed by atoms with Crippen molar-refractivity contribution in [1.82, 2.24) is 10.0 Å². The monoisotopic (exact) mass is 299 g/mol. The summed E-state index contributed by atoms with van der Waals surface area (Å²) in [6.07, 6.45) is 1.69. The Labute approximate surface area is 117 Å². The Kier molecular flexibility index (Phi) is 4.36. The van der Waals surface area contributed by atoms with E-state index in [2.05, 4.69) is 10.0 Å². The molecule has 1 aromatic carbocycles. The molecule has 8 heteroatoms. The number of rotatable bonds is 4. The molecule has 2 atom stereocenters. The van der Waals surface area contributed by atoms with Crippen molar-refractivity contribution in [2.24, 2.45) is 0 Å². The predicted octanol–water partition coefficient (Wildman–Crippen LogP) is 1.01. The van der Waals surface area contributed by atoms with Gasteiger partial charge in [0.25, 0.3) is 5.69 Å². The van der Waals surface area contributed by atoms with Crippen LogP contribution in [0, 0.1) is 10.1 Å². The average molecular weight is 299 g/mol. The second-order valence-corrected chi connectivity index (χ2v) is 6.58. The molecule has 7 nitrogen and oxygen atoms in total. The Morgan fingerprint density at radius 1 is 1.35 bits per heavy atom. The lowest BCUT2D eigenvalue weighted by atomic mass is 10.0. The van der Waals surface area contributed by atoms with Crippen LogP contribution in [0.5, 0.6) is 0 Å². The number of hydrogen-bond donors (Lipinski definition) is 2. The van der Waals surface area contributed by atoms with E-state index in [1.165, 1.54) is 24.3 Å². The summed E-state index contributed by atoms with van der Waals surface area (Å²) in [6.45, 7) is 2.82. The van der Waals surface area contributed by atoms with Gasteiger partial charge in [-0.25, -0.2) is 13.1 Å². The van der Waals surface area contributed by atoms with Gasteiger partial charge >= 0.3 is 0 Å². The van der Waals surface area contributed by atoms with E-state index in [4.69, 9.17) is 0 Å². The molecular formula is C12H17N3O4S. The van der Waals surface area contributed by atoms with Crippen molar-refractivity contribution in [3.8, 4) is 0 Å². The highest BCUT2D eigenvalue weighted by Crippen LogP contribution is 2.17. The fourth-order valence-electron chi connectivity index (χ4n) is 2.22. The van der Waals surface area contributed by atoms with E-state index in [-0.39, 0.29) is 22.7 Å². The van der Waals surface area contributed by atoms with Gasteiger partial charge in [0, 0.05) is 24.2 Å². The molecule has 0 aromatic heterocycles. The number of nitrogens with zero attached hydrogens (tertiary/aromatic N) is 1. The molecule has 0 spiro atoms. The first kappa shape index (κ1) is 14.9. The number of sulfonamides is 1. The maximum Gasteiger partial charge on any atom is 0.269 e. The zero-order chi connectivity index (χ0) is 14.8. The Hall–Kier alpha value is -1.51. The Balaban J connectivity index is 2.15. The zero-order valence-corrected chi connectivity index (χ0v) is 11.9. The standard InChI is InChI=1S/C12H17N3O4S/c1-9-12(3-2-8-13-9)14-20(18,19)11-6-4-10(5-7-11)15(16)17/h4-7,9,12-14H,2-3,8H2,1H3/t9-,12-/m0/s1. The number of piperidine rings is 1. The summed E-state index contributed by atoms with van der Waals surface area (Å²) in [5, 5.41) is 13.8. The SMILES string of the molecule is C[C@@H]1NCCC[C@@H]1NS(=O)(=O)c1ccc([N+](=O)[O-])cc1. The molecule has 0 bridgehead atoms. The number of hydrogen-bond acceptors (Lipinski definition) is 5. The summed E-state index contributed by atoms with van der Waals surface area (Å²) in [7, 11) is -3.65. The van der Waals surface area contributed by atoms with E-state index in [1.54, 1.807) is 0 Å². The minimum atomic E-state index is -3.65. The highest BCUT2D eigenvalue weighted by Gasteiger charge is 2.26. The predicted molar refractivity (Wildman–Crippen MR) is 73.9 cm³/mol. The van der Waals surface area contributed by atoms with Gasteiger partial charge in [0.1, 0.15) is 0 Å². The molecule has 1 saturated heterocycles. The summed E-state index contributed by atoms with van der Waals surface area (Å²) in [5.74, 6) is 0. The van der Waals surface area contributed by atoms with Crippen molar-refractivity contribution in [3.63, 3.8) is 0 Å². The smallest absolute Gasteiger partial charge is 0.269 e. The van der Waals surface area contributed by atoms with Gasteiger partial charge < -0.3 is 5.32 Å². The number of nitro benzene ring substituents is 1. The average Bonchev–Trinajstić information content (AvgIpc) is 2.41. The van der Waals surface area contributed by atoms with Crippen molar-refractivity contribution in [2.45, 2.75) is 36.7 Å². The quantitative estimate of drug-likeness (QED) is 0.638. The molecule has 1 aliphatic heterocycles. The van der Waals surface area contributed by atoms with Crippen LogP contribution in [0.2, 0.25) is 0 Å². The number of nitrogens with one attached hydrogen (secondary N) is 2. The maximum absolute atomic E-state index is 12.2. The summed E-state index contributed by atoms with van der Waals surface area (Å²) >= 11 is 0. The number of non-ortho nitro benzene ring substituents is 1. The lowest BCUT2D eigenvalue weighted by molar-refractivity contribution is -0.384. The summed E-state index contributed by atoms with van der Waals surface area (Å²) in [5.41, 5.74) is -0.128. The first-order chi connectivity index (χ1) is 9.40. The van der Waals surface area contributed by atoms with E-state index in [0.29, 0.717) is 0 Å². The van der Waals surface area contributed by atoms with Crippen LogP contribution in [0.25, 0.3) is 0 Å². The van der Waals surface area contributed by atoms with Crippen LogP contribution in [-0.4, -0.2) is 32.0 Å². The molecule has 0 radical (unpaired) electrons. The van der Waals surface area contributed by atoms with Crippen LogP contribution >= 0.6 is 0 Å². The fourth-order valence-corrected chi connectivity index (χ4v) is 3.57. The minimum absolute atomic E-state index is 0.0425. The molecule has 1 aromatic rings. The highest BCUT2D eigenvalue weighted by atomic mass is 32.2. The third kappa shape index (κ3) is 3.33. The van der Waals surface area contributed by atoms with Crippen LogP contribution in [0.4, 0.5) is 5.69 Å². The zero-order valence-electron chi connectivity index (χ0n) is 11.1. The molecule has 110 valence electrons. The highest BCUT2D eigenvalue weighted by molar-refractivity contribution is 7.89. The molecule has 0 unspecified atom stereocenters. The number of benzene rings is 1. The molecule has 1 aliphatic rings. The van der Waals surface area contributed by atoms with Crippen molar-refractivity contribution in [2.75, 3.05) is 6.54 Å². The van der Waals surface area contributed by atoms with Crippen molar-refractivity contribution >= 4 is 15.7 Å². The first-order valence-electron chi connectivity index (χ1n) is 6.40.